The first-order valence-electron chi connectivity index (χ1n) is 16.3. The lowest BCUT2D eigenvalue weighted by Crippen LogP contribution is -2.37. The molecule has 0 N–H and O–H groups in total. The highest BCUT2D eigenvalue weighted by molar-refractivity contribution is 6.01. The summed E-state index contributed by atoms with van der Waals surface area (Å²) >= 11 is 0. The van der Waals surface area contributed by atoms with Crippen LogP contribution in [0.5, 0.6) is 0 Å². The summed E-state index contributed by atoms with van der Waals surface area (Å²) in [5.74, 6) is 1.56. The van der Waals surface area contributed by atoms with Gasteiger partial charge in [-0.1, -0.05) is 134 Å². The predicted octanol–water partition coefficient (Wildman–Crippen LogP) is 10.2. The molecule has 0 fully saturated rings. The maximum atomic E-state index is 5.35. The van der Waals surface area contributed by atoms with Gasteiger partial charge in [-0.15, -0.1) is 0 Å². The molecule has 1 aliphatic heterocycles. The number of benzene rings is 4. The van der Waals surface area contributed by atoms with E-state index in [-0.39, 0.29) is 6.04 Å². The molecule has 3 unspecified atom stereocenters. The van der Waals surface area contributed by atoms with E-state index in [0.29, 0.717) is 12.0 Å². The van der Waals surface area contributed by atoms with E-state index < -0.39 is 0 Å². The van der Waals surface area contributed by atoms with Gasteiger partial charge in [0.05, 0.1) is 12.1 Å². The zero-order valence-electron chi connectivity index (χ0n) is 26.0. The highest BCUT2D eigenvalue weighted by atomic mass is 15.2. The Morgan fingerprint density at radius 2 is 1.55 bits per heavy atom. The number of allylic oxidation sites excluding steroid dienone is 3. The van der Waals surface area contributed by atoms with Crippen LogP contribution in [0.2, 0.25) is 0 Å². The zero-order valence-corrected chi connectivity index (χ0v) is 26.0. The van der Waals surface area contributed by atoms with Crippen LogP contribution in [0.4, 0.5) is 0 Å². The van der Waals surface area contributed by atoms with Crippen molar-refractivity contribution in [3.05, 3.63) is 172 Å². The van der Waals surface area contributed by atoms with Crippen LogP contribution in [0.25, 0.3) is 5.57 Å². The van der Waals surface area contributed by atoms with Gasteiger partial charge in [-0.3, -0.25) is 4.99 Å². The predicted molar refractivity (Wildman–Crippen MR) is 185 cm³/mol. The van der Waals surface area contributed by atoms with Crippen molar-refractivity contribution < 1.29 is 0 Å². The summed E-state index contributed by atoms with van der Waals surface area (Å²) in [5, 5.41) is 0. The minimum Gasteiger partial charge on any atom is -0.352 e. The van der Waals surface area contributed by atoms with Crippen LogP contribution in [0.3, 0.4) is 0 Å². The Hall–Kier alpha value is -4.43. The fourth-order valence-corrected chi connectivity index (χ4v) is 7.21. The van der Waals surface area contributed by atoms with Crippen molar-refractivity contribution in [3.8, 4) is 0 Å². The maximum Gasteiger partial charge on any atom is 0.131 e. The van der Waals surface area contributed by atoms with E-state index in [1.165, 1.54) is 50.1 Å². The third kappa shape index (κ3) is 5.86. The first-order chi connectivity index (χ1) is 21.6. The Bertz CT molecular complexity index is 1720. The molecule has 0 spiro atoms. The highest BCUT2D eigenvalue weighted by Gasteiger charge is 2.31. The third-order valence-electron chi connectivity index (χ3n) is 9.73. The van der Waals surface area contributed by atoms with Crippen molar-refractivity contribution in [2.45, 2.75) is 63.5 Å². The van der Waals surface area contributed by atoms with Crippen molar-refractivity contribution in [1.29, 1.82) is 0 Å². The molecule has 1 heterocycles. The Morgan fingerprint density at radius 3 is 2.32 bits per heavy atom. The van der Waals surface area contributed by atoms with Crippen molar-refractivity contribution in [2.75, 3.05) is 7.05 Å². The number of likely N-dealkylation sites (N-methyl/N-ethyl adjacent to an activating group) is 1. The molecule has 4 aromatic rings. The van der Waals surface area contributed by atoms with Gasteiger partial charge in [0.15, 0.2) is 0 Å². The second-order valence-electron chi connectivity index (χ2n) is 12.7. The fraction of sp³-hybridized carbons (Fsp3) is 0.262. The zero-order chi connectivity index (χ0) is 29.9. The second-order valence-corrected chi connectivity index (χ2v) is 12.7. The van der Waals surface area contributed by atoms with Crippen LogP contribution in [0.15, 0.2) is 138 Å². The number of fused-ring (bicyclic) bond motifs is 1. The molecule has 2 heteroatoms. The number of amidine groups is 1. The third-order valence-corrected chi connectivity index (χ3v) is 9.73. The van der Waals surface area contributed by atoms with Crippen LogP contribution in [-0.4, -0.2) is 17.8 Å². The number of rotatable bonds is 7. The standard InChI is InChI=1S/C42H42N2/c1-30(32-24-26-34(27-25-32)39-19-11-17-33-12-9-10-18-38(33)39)28-31-20-22-35(23-21-31)40-29-41(36-13-5-3-6-14-36)44(2)42(43-40)37-15-7-4-8-16-37/h3,5-7,9-10,12-16,18-27,30,40-41H,4,8,11,17,28-29H2,1-2H3. The lowest BCUT2D eigenvalue weighted by atomic mass is 9.85. The van der Waals surface area contributed by atoms with Gasteiger partial charge >= 0.3 is 0 Å². The lowest BCUT2D eigenvalue weighted by Gasteiger charge is -2.38. The van der Waals surface area contributed by atoms with E-state index in [9.17, 15) is 0 Å². The van der Waals surface area contributed by atoms with E-state index in [4.69, 9.17) is 4.99 Å². The Labute approximate surface area is 263 Å². The van der Waals surface area contributed by atoms with E-state index in [0.717, 1.165) is 44.4 Å². The minimum absolute atomic E-state index is 0.140. The lowest BCUT2D eigenvalue weighted by molar-refractivity contribution is 0.307. The second kappa shape index (κ2) is 12.7. The molecule has 3 atom stereocenters. The first-order valence-corrected chi connectivity index (χ1v) is 16.3. The van der Waals surface area contributed by atoms with Gasteiger partial charge in [-0.25, -0.2) is 0 Å². The van der Waals surface area contributed by atoms with E-state index in [2.05, 4.69) is 146 Å². The van der Waals surface area contributed by atoms with Gasteiger partial charge in [-0.05, 0) is 89.0 Å². The molecule has 2 aliphatic carbocycles. The number of hydrogen-bond acceptors (Lipinski definition) is 2. The number of nitrogens with zero attached hydrogens (tertiary/aromatic N) is 2. The van der Waals surface area contributed by atoms with Gasteiger partial charge in [0.25, 0.3) is 0 Å². The molecule has 0 radical (unpaired) electrons. The quantitative estimate of drug-likeness (QED) is 0.214. The molecule has 0 saturated carbocycles. The van der Waals surface area contributed by atoms with Crippen LogP contribution < -0.4 is 0 Å². The number of aryl methyl sites for hydroxylation is 1. The van der Waals surface area contributed by atoms with Crippen LogP contribution in [0.1, 0.15) is 89.6 Å². The Kier molecular flexibility index (Phi) is 8.16. The van der Waals surface area contributed by atoms with Gasteiger partial charge in [0.2, 0.25) is 0 Å². The average Bonchev–Trinajstić information content (AvgIpc) is 3.09. The van der Waals surface area contributed by atoms with Gasteiger partial charge in [0.1, 0.15) is 5.84 Å². The molecule has 3 aliphatic rings. The summed E-state index contributed by atoms with van der Waals surface area (Å²) in [6, 6.07) is 38.8. The molecule has 0 amide bonds. The number of hydrogen-bond donors (Lipinski definition) is 0. The van der Waals surface area contributed by atoms with Crippen molar-refractivity contribution in [1.82, 2.24) is 4.90 Å². The van der Waals surface area contributed by atoms with Crippen LogP contribution in [-0.2, 0) is 12.8 Å². The fourth-order valence-electron chi connectivity index (χ4n) is 7.21. The highest BCUT2D eigenvalue weighted by Crippen LogP contribution is 2.39. The van der Waals surface area contributed by atoms with Gasteiger partial charge < -0.3 is 4.90 Å². The molecule has 4 aromatic carbocycles. The average molecular weight is 575 g/mol. The molecular formula is C42H42N2. The molecule has 0 saturated heterocycles. The molecule has 0 bridgehead atoms. The molecular weight excluding hydrogens is 532 g/mol. The van der Waals surface area contributed by atoms with Gasteiger partial charge in [0, 0.05) is 12.6 Å². The summed E-state index contributed by atoms with van der Waals surface area (Å²) in [6.07, 6.45) is 15.7. The molecule has 44 heavy (non-hydrogen) atoms. The van der Waals surface area contributed by atoms with Gasteiger partial charge in [-0.2, -0.15) is 0 Å². The summed E-state index contributed by atoms with van der Waals surface area (Å²) < 4.78 is 0. The molecule has 220 valence electrons. The van der Waals surface area contributed by atoms with Crippen molar-refractivity contribution >= 4 is 11.4 Å². The molecule has 0 aromatic heterocycles. The van der Waals surface area contributed by atoms with Crippen molar-refractivity contribution in [2.24, 2.45) is 4.99 Å². The van der Waals surface area contributed by atoms with Crippen LogP contribution in [0, 0.1) is 0 Å². The Morgan fingerprint density at radius 1 is 0.773 bits per heavy atom. The largest absolute Gasteiger partial charge is 0.352 e. The normalized spacial score (nSPS) is 20.3. The first kappa shape index (κ1) is 28.3. The summed E-state index contributed by atoms with van der Waals surface area (Å²) in [7, 11) is 2.21. The molecule has 7 rings (SSSR count). The van der Waals surface area contributed by atoms with E-state index in [1.807, 2.05) is 0 Å². The summed E-state index contributed by atoms with van der Waals surface area (Å²) in [6.45, 7) is 2.35. The minimum atomic E-state index is 0.140. The number of aliphatic imine (C=N–C) groups is 1. The smallest absolute Gasteiger partial charge is 0.131 e. The van der Waals surface area contributed by atoms with E-state index >= 15 is 0 Å². The summed E-state index contributed by atoms with van der Waals surface area (Å²) in [5.41, 5.74) is 12.2. The Balaban J connectivity index is 1.07. The SMILES string of the molecule is CC(Cc1ccc(C2CC(c3ccccc3)N(C)C(C3=CCCC=C3)=N2)cc1)c1ccc(C2=CCCc3ccccc32)cc1. The summed E-state index contributed by atoms with van der Waals surface area (Å²) in [4.78, 5) is 7.74. The van der Waals surface area contributed by atoms with Crippen LogP contribution >= 0.6 is 0 Å². The monoisotopic (exact) mass is 574 g/mol. The topological polar surface area (TPSA) is 15.6 Å². The molecule has 2 nitrogen and oxygen atoms in total. The van der Waals surface area contributed by atoms with E-state index in [1.54, 1.807) is 0 Å². The maximum absolute atomic E-state index is 5.35. The van der Waals surface area contributed by atoms with Crippen molar-refractivity contribution in [3.63, 3.8) is 0 Å².